The lowest BCUT2D eigenvalue weighted by atomic mass is 10.1. The fourth-order valence-corrected chi connectivity index (χ4v) is 4.46. The summed E-state index contributed by atoms with van der Waals surface area (Å²) in [5.41, 5.74) is 5.36. The first-order valence-electron chi connectivity index (χ1n) is 10.5. The largest absolute Gasteiger partial charge is 0.319 e. The van der Waals surface area contributed by atoms with Gasteiger partial charge in [0.1, 0.15) is 10.7 Å². The lowest BCUT2D eigenvalue weighted by Crippen LogP contribution is -2.13. The Labute approximate surface area is 195 Å². The number of benzene rings is 1. The zero-order valence-electron chi connectivity index (χ0n) is 18.3. The number of hydrogen-bond donors (Lipinski definition) is 1. The van der Waals surface area contributed by atoms with Gasteiger partial charge < -0.3 is 9.72 Å². The van der Waals surface area contributed by atoms with E-state index in [2.05, 4.69) is 46.4 Å². The van der Waals surface area contributed by atoms with Gasteiger partial charge >= 0.3 is 0 Å². The molecule has 0 saturated carbocycles. The van der Waals surface area contributed by atoms with Gasteiger partial charge in [-0.3, -0.25) is 9.48 Å². The van der Waals surface area contributed by atoms with Crippen molar-refractivity contribution in [1.82, 2.24) is 24.1 Å². The van der Waals surface area contributed by atoms with Crippen LogP contribution >= 0.6 is 11.8 Å². The summed E-state index contributed by atoms with van der Waals surface area (Å²) in [6.07, 6.45) is 9.07. The third-order valence-corrected chi connectivity index (χ3v) is 6.35. The number of fused-ring (bicyclic) bond motifs is 1. The van der Waals surface area contributed by atoms with Crippen molar-refractivity contribution in [2.45, 2.75) is 30.3 Å². The molecular formula is C25H22N6OS. The number of pyridine rings is 2. The number of rotatable bonds is 6. The van der Waals surface area contributed by atoms with Crippen molar-refractivity contribution < 1.29 is 4.79 Å². The van der Waals surface area contributed by atoms with Gasteiger partial charge in [0.15, 0.2) is 0 Å². The molecule has 5 rings (SSSR count). The van der Waals surface area contributed by atoms with Crippen molar-refractivity contribution in [3.8, 4) is 0 Å². The minimum absolute atomic E-state index is 0.221. The molecule has 4 heterocycles. The second-order valence-electron chi connectivity index (χ2n) is 7.78. The molecule has 164 valence electrons. The summed E-state index contributed by atoms with van der Waals surface area (Å²) in [6.45, 7) is 4.67. The van der Waals surface area contributed by atoms with Crippen molar-refractivity contribution in [1.29, 1.82) is 0 Å². The topological polar surface area (TPSA) is 77.1 Å². The second kappa shape index (κ2) is 8.91. The first kappa shape index (κ1) is 21.0. The van der Waals surface area contributed by atoms with Crippen molar-refractivity contribution in [2.75, 3.05) is 5.32 Å². The quantitative estimate of drug-likeness (QED) is 0.391. The van der Waals surface area contributed by atoms with Crippen LogP contribution in [-0.4, -0.2) is 30.1 Å². The summed E-state index contributed by atoms with van der Waals surface area (Å²) in [5.74, 6) is -0.221. The van der Waals surface area contributed by atoms with Crippen LogP contribution in [0.2, 0.25) is 0 Å². The number of hydrogen-bond acceptors (Lipinski definition) is 5. The van der Waals surface area contributed by atoms with Gasteiger partial charge in [0, 0.05) is 29.7 Å². The van der Waals surface area contributed by atoms with E-state index in [1.165, 1.54) is 22.9 Å². The molecule has 0 radical (unpaired) electrons. The molecule has 0 aliphatic carbocycles. The number of nitrogens with zero attached hydrogens (tertiary/aromatic N) is 5. The maximum atomic E-state index is 13.0. The second-order valence-corrected chi connectivity index (χ2v) is 8.85. The molecule has 8 heteroatoms. The predicted molar refractivity (Wildman–Crippen MR) is 129 cm³/mol. The maximum absolute atomic E-state index is 13.0. The molecule has 0 aliphatic rings. The van der Waals surface area contributed by atoms with E-state index in [1.54, 1.807) is 35.4 Å². The number of aryl methyl sites for hydroxylation is 2. The van der Waals surface area contributed by atoms with E-state index in [9.17, 15) is 4.79 Å². The molecule has 0 bridgehead atoms. The van der Waals surface area contributed by atoms with Crippen LogP contribution in [0.1, 0.15) is 27.2 Å². The number of carbonyl (C=O) groups excluding carboxylic acids is 1. The minimum atomic E-state index is -0.221. The zero-order chi connectivity index (χ0) is 22.8. The maximum Gasteiger partial charge on any atom is 0.258 e. The summed E-state index contributed by atoms with van der Waals surface area (Å²) in [7, 11) is 0. The lowest BCUT2D eigenvalue weighted by molar-refractivity contribution is 0.102. The van der Waals surface area contributed by atoms with Crippen LogP contribution < -0.4 is 5.32 Å². The predicted octanol–water partition coefficient (Wildman–Crippen LogP) is 4.99. The average Bonchev–Trinajstić information content (AvgIpc) is 3.42. The highest BCUT2D eigenvalue weighted by Gasteiger charge is 2.15. The molecule has 1 N–H and O–H groups in total. The molecule has 1 amide bonds. The minimum Gasteiger partial charge on any atom is -0.319 e. The summed E-state index contributed by atoms with van der Waals surface area (Å²) in [5, 5.41) is 7.97. The van der Waals surface area contributed by atoms with Gasteiger partial charge in [-0.1, -0.05) is 23.9 Å². The van der Waals surface area contributed by atoms with Gasteiger partial charge in [0.25, 0.3) is 5.91 Å². The first-order valence-corrected chi connectivity index (χ1v) is 11.3. The van der Waals surface area contributed by atoms with Gasteiger partial charge in [-0.2, -0.15) is 5.10 Å². The molecule has 0 unspecified atom stereocenters. The molecule has 0 fully saturated rings. The van der Waals surface area contributed by atoms with Gasteiger partial charge in [-0.15, -0.1) is 0 Å². The van der Waals surface area contributed by atoms with Gasteiger partial charge in [-0.25, -0.2) is 9.97 Å². The van der Waals surface area contributed by atoms with Gasteiger partial charge in [-0.05, 0) is 61.4 Å². The third-order valence-electron chi connectivity index (χ3n) is 5.34. The number of amides is 1. The normalized spacial score (nSPS) is 11.1. The van der Waals surface area contributed by atoms with Crippen LogP contribution in [0.3, 0.4) is 0 Å². The Morgan fingerprint density at radius 1 is 1.06 bits per heavy atom. The Balaban J connectivity index is 1.30. The Bertz CT molecular complexity index is 1420. The van der Waals surface area contributed by atoms with Crippen LogP contribution in [0.4, 0.5) is 5.69 Å². The molecule has 0 aliphatic heterocycles. The molecule has 4 aromatic heterocycles. The Kier molecular flexibility index (Phi) is 5.66. The molecule has 33 heavy (non-hydrogen) atoms. The number of anilines is 1. The molecule has 0 saturated heterocycles. The van der Waals surface area contributed by atoms with E-state index in [1.807, 2.05) is 41.1 Å². The Morgan fingerprint density at radius 2 is 1.97 bits per heavy atom. The summed E-state index contributed by atoms with van der Waals surface area (Å²) < 4.78 is 3.73. The highest BCUT2D eigenvalue weighted by molar-refractivity contribution is 7.99. The van der Waals surface area contributed by atoms with E-state index < -0.39 is 0 Å². The van der Waals surface area contributed by atoms with Crippen LogP contribution in [0.25, 0.3) is 5.65 Å². The highest BCUT2D eigenvalue weighted by Crippen LogP contribution is 2.30. The van der Waals surface area contributed by atoms with Crippen LogP contribution in [-0.2, 0) is 6.54 Å². The SMILES string of the molecule is Cc1ccc(Sc2ncccc2C(=O)Nc2cnn(Cc3cn4ccccc4n3)c2)cc1C. The first-order chi connectivity index (χ1) is 16.0. The fourth-order valence-electron chi connectivity index (χ4n) is 3.48. The monoisotopic (exact) mass is 454 g/mol. The fraction of sp³-hybridized carbons (Fsp3) is 0.120. The Morgan fingerprint density at radius 3 is 2.82 bits per heavy atom. The van der Waals surface area contributed by atoms with Crippen LogP contribution in [0.5, 0.6) is 0 Å². The van der Waals surface area contributed by atoms with Crippen LogP contribution in [0, 0.1) is 13.8 Å². The highest BCUT2D eigenvalue weighted by atomic mass is 32.2. The van der Waals surface area contributed by atoms with Crippen LogP contribution in [0.15, 0.2) is 89.4 Å². The van der Waals surface area contributed by atoms with E-state index in [4.69, 9.17) is 0 Å². The van der Waals surface area contributed by atoms with Gasteiger partial charge in [0.2, 0.25) is 0 Å². The number of imidazole rings is 1. The number of aromatic nitrogens is 5. The lowest BCUT2D eigenvalue weighted by Gasteiger charge is -2.09. The van der Waals surface area contributed by atoms with E-state index in [0.29, 0.717) is 22.8 Å². The standard InChI is InChI=1S/C25H22N6OS/c1-17-8-9-21(12-18(17)2)33-25-22(6-5-10-26-25)24(32)29-19-13-27-31(15-19)16-20-14-30-11-4-3-7-23(30)28-20/h3-15H,16H2,1-2H3,(H,29,32). The summed E-state index contributed by atoms with van der Waals surface area (Å²) >= 11 is 1.48. The van der Waals surface area contributed by atoms with E-state index in [-0.39, 0.29) is 5.91 Å². The van der Waals surface area contributed by atoms with Crippen molar-refractivity contribution in [2.24, 2.45) is 0 Å². The van der Waals surface area contributed by atoms with Crippen molar-refractivity contribution >= 4 is 29.0 Å². The third kappa shape index (κ3) is 4.65. The molecule has 7 nitrogen and oxygen atoms in total. The molecule has 5 aromatic rings. The number of carbonyl (C=O) groups is 1. The summed E-state index contributed by atoms with van der Waals surface area (Å²) in [6, 6.07) is 15.7. The number of nitrogens with one attached hydrogen (secondary N) is 1. The smallest absolute Gasteiger partial charge is 0.258 e. The van der Waals surface area contributed by atoms with Gasteiger partial charge in [0.05, 0.1) is 29.7 Å². The van der Waals surface area contributed by atoms with E-state index in [0.717, 1.165) is 16.2 Å². The molecule has 1 aromatic carbocycles. The molecular weight excluding hydrogens is 432 g/mol. The summed E-state index contributed by atoms with van der Waals surface area (Å²) in [4.78, 5) is 23.1. The molecule has 0 atom stereocenters. The Hall–Kier alpha value is -3.91. The molecule has 0 spiro atoms. The van der Waals surface area contributed by atoms with Crippen molar-refractivity contribution in [3.63, 3.8) is 0 Å². The zero-order valence-corrected chi connectivity index (χ0v) is 19.1. The van der Waals surface area contributed by atoms with E-state index >= 15 is 0 Å². The average molecular weight is 455 g/mol. The van der Waals surface area contributed by atoms with Crippen molar-refractivity contribution in [3.05, 3.63) is 102 Å².